The van der Waals surface area contributed by atoms with Crippen molar-refractivity contribution >= 4 is 17.5 Å². The third-order valence-corrected chi connectivity index (χ3v) is 3.61. The molecule has 6 heteroatoms. The fraction of sp³-hybridized carbons (Fsp3) is 0.333. The number of aryl methyl sites for hydroxylation is 3. The van der Waals surface area contributed by atoms with Crippen LogP contribution in [0.1, 0.15) is 21.5 Å². The largest absolute Gasteiger partial charge is 0.293 e. The van der Waals surface area contributed by atoms with Gasteiger partial charge >= 0.3 is 0 Å². The summed E-state index contributed by atoms with van der Waals surface area (Å²) in [6.07, 6.45) is 0. The lowest BCUT2D eigenvalue weighted by atomic mass is 10.0. The van der Waals surface area contributed by atoms with Crippen LogP contribution >= 0.6 is 11.8 Å². The second kappa shape index (κ2) is 5.30. The summed E-state index contributed by atoms with van der Waals surface area (Å²) in [7, 11) is 1.75. The van der Waals surface area contributed by atoms with Gasteiger partial charge in [-0.3, -0.25) is 4.79 Å². The van der Waals surface area contributed by atoms with Gasteiger partial charge in [-0.05, 0) is 29.8 Å². The number of benzene rings is 1. The van der Waals surface area contributed by atoms with E-state index in [1.54, 1.807) is 11.7 Å². The van der Waals surface area contributed by atoms with Gasteiger partial charge in [-0.15, -0.1) is 5.10 Å². The summed E-state index contributed by atoms with van der Waals surface area (Å²) in [4.78, 5) is 12.1. The molecule has 0 spiro atoms. The monoisotopic (exact) mass is 262 g/mol. The molecule has 0 unspecified atom stereocenters. The van der Waals surface area contributed by atoms with Crippen LogP contribution in [0.3, 0.4) is 0 Å². The Balaban J connectivity index is 2.06. The first-order valence-electron chi connectivity index (χ1n) is 5.53. The number of Topliss-reactive ketones (excluding diaryl/α,β-unsaturated/α-hetero) is 1. The molecule has 0 bridgehead atoms. The predicted octanol–water partition coefficient (Wildman–Crippen LogP) is 1.80. The lowest BCUT2D eigenvalue weighted by molar-refractivity contribution is 0.102. The Kier molecular flexibility index (Phi) is 3.76. The average molecular weight is 262 g/mol. The van der Waals surface area contributed by atoms with Gasteiger partial charge in [0.2, 0.25) is 5.16 Å². The minimum absolute atomic E-state index is 0.0977. The SMILES string of the molecule is Cc1ccc(C(=O)CSc2nnnn2C)c(C)c1. The van der Waals surface area contributed by atoms with Gasteiger partial charge in [-0.1, -0.05) is 35.5 Å². The van der Waals surface area contributed by atoms with Crippen molar-refractivity contribution in [2.75, 3.05) is 5.75 Å². The van der Waals surface area contributed by atoms with Crippen molar-refractivity contribution in [2.45, 2.75) is 19.0 Å². The van der Waals surface area contributed by atoms with E-state index in [0.29, 0.717) is 10.9 Å². The van der Waals surface area contributed by atoms with Crippen molar-refractivity contribution in [1.82, 2.24) is 20.2 Å². The Bertz CT molecular complexity index is 579. The number of hydrogen-bond acceptors (Lipinski definition) is 5. The Labute approximate surface area is 110 Å². The molecule has 0 aliphatic rings. The van der Waals surface area contributed by atoms with Crippen LogP contribution in [-0.2, 0) is 7.05 Å². The van der Waals surface area contributed by atoms with Crippen molar-refractivity contribution in [3.63, 3.8) is 0 Å². The normalized spacial score (nSPS) is 10.6. The van der Waals surface area contributed by atoms with Crippen LogP contribution in [0.2, 0.25) is 0 Å². The summed E-state index contributed by atoms with van der Waals surface area (Å²) < 4.78 is 1.56. The maximum Gasteiger partial charge on any atom is 0.209 e. The number of thioether (sulfide) groups is 1. The lowest BCUT2D eigenvalue weighted by Crippen LogP contribution is -2.06. The Morgan fingerprint density at radius 3 is 2.78 bits per heavy atom. The van der Waals surface area contributed by atoms with Crippen LogP contribution in [0.25, 0.3) is 0 Å². The fourth-order valence-corrected chi connectivity index (χ4v) is 2.41. The third-order valence-electron chi connectivity index (χ3n) is 2.60. The fourth-order valence-electron chi connectivity index (χ4n) is 1.68. The molecule has 18 heavy (non-hydrogen) atoms. The molecule has 94 valence electrons. The van der Waals surface area contributed by atoms with Gasteiger partial charge < -0.3 is 0 Å². The van der Waals surface area contributed by atoms with Crippen LogP contribution in [-0.4, -0.2) is 31.7 Å². The summed E-state index contributed by atoms with van der Waals surface area (Å²) in [6, 6.07) is 5.85. The summed E-state index contributed by atoms with van der Waals surface area (Å²) in [5.41, 5.74) is 2.94. The average Bonchev–Trinajstić information content (AvgIpc) is 2.72. The Morgan fingerprint density at radius 2 is 2.17 bits per heavy atom. The van der Waals surface area contributed by atoms with Crippen LogP contribution < -0.4 is 0 Å². The molecule has 0 radical (unpaired) electrons. The maximum atomic E-state index is 12.1. The van der Waals surface area contributed by atoms with E-state index in [2.05, 4.69) is 15.5 Å². The zero-order valence-electron chi connectivity index (χ0n) is 10.5. The van der Waals surface area contributed by atoms with Crippen molar-refractivity contribution in [2.24, 2.45) is 7.05 Å². The molecule has 2 rings (SSSR count). The van der Waals surface area contributed by atoms with Crippen LogP contribution in [0.5, 0.6) is 0 Å². The molecule has 1 heterocycles. The van der Waals surface area contributed by atoms with Gasteiger partial charge in [0.1, 0.15) is 0 Å². The zero-order chi connectivity index (χ0) is 13.1. The molecular formula is C12H14N4OS. The molecule has 0 aliphatic heterocycles. The number of nitrogens with zero attached hydrogens (tertiary/aromatic N) is 4. The number of carbonyl (C=O) groups excluding carboxylic acids is 1. The van der Waals surface area contributed by atoms with Crippen molar-refractivity contribution in [3.05, 3.63) is 34.9 Å². The molecule has 0 atom stereocenters. The molecule has 1 aromatic carbocycles. The number of aromatic nitrogens is 4. The standard InChI is InChI=1S/C12H14N4OS/c1-8-4-5-10(9(2)6-8)11(17)7-18-12-13-14-15-16(12)3/h4-6H,7H2,1-3H3. The zero-order valence-corrected chi connectivity index (χ0v) is 11.4. The molecule has 0 N–H and O–H groups in total. The first-order chi connectivity index (χ1) is 8.58. The van der Waals surface area contributed by atoms with E-state index in [0.717, 1.165) is 16.7 Å². The molecule has 0 aliphatic carbocycles. The molecule has 0 saturated carbocycles. The molecule has 1 aromatic heterocycles. The minimum Gasteiger partial charge on any atom is -0.293 e. The Hall–Kier alpha value is -1.69. The van der Waals surface area contributed by atoms with E-state index in [9.17, 15) is 4.79 Å². The van der Waals surface area contributed by atoms with Gasteiger partial charge in [-0.2, -0.15) is 0 Å². The van der Waals surface area contributed by atoms with Gasteiger partial charge in [0.25, 0.3) is 0 Å². The number of tetrazole rings is 1. The molecular weight excluding hydrogens is 248 g/mol. The first-order valence-corrected chi connectivity index (χ1v) is 6.52. The third kappa shape index (κ3) is 2.76. The Morgan fingerprint density at radius 1 is 1.39 bits per heavy atom. The maximum absolute atomic E-state index is 12.1. The van der Waals surface area contributed by atoms with Gasteiger partial charge in [0, 0.05) is 12.6 Å². The van der Waals surface area contributed by atoms with E-state index < -0.39 is 0 Å². The van der Waals surface area contributed by atoms with E-state index in [4.69, 9.17) is 0 Å². The van der Waals surface area contributed by atoms with Crippen LogP contribution in [0, 0.1) is 13.8 Å². The summed E-state index contributed by atoms with van der Waals surface area (Å²) in [5, 5.41) is 11.7. The summed E-state index contributed by atoms with van der Waals surface area (Å²) in [6.45, 7) is 3.97. The van der Waals surface area contributed by atoms with E-state index >= 15 is 0 Å². The van der Waals surface area contributed by atoms with Crippen LogP contribution in [0.4, 0.5) is 0 Å². The van der Waals surface area contributed by atoms with Gasteiger partial charge in [0.15, 0.2) is 5.78 Å². The van der Waals surface area contributed by atoms with Crippen molar-refractivity contribution < 1.29 is 4.79 Å². The topological polar surface area (TPSA) is 60.7 Å². The molecule has 2 aromatic rings. The first kappa shape index (κ1) is 12.8. The highest BCUT2D eigenvalue weighted by Gasteiger charge is 2.11. The van der Waals surface area contributed by atoms with Crippen molar-refractivity contribution in [1.29, 1.82) is 0 Å². The number of hydrogen-bond donors (Lipinski definition) is 0. The van der Waals surface area contributed by atoms with E-state index in [-0.39, 0.29) is 5.78 Å². The quantitative estimate of drug-likeness (QED) is 0.621. The number of carbonyl (C=O) groups is 1. The smallest absolute Gasteiger partial charge is 0.209 e. The molecule has 0 fully saturated rings. The summed E-state index contributed by atoms with van der Waals surface area (Å²) in [5.74, 6) is 0.443. The number of ketones is 1. The van der Waals surface area contributed by atoms with Gasteiger partial charge in [-0.25, -0.2) is 4.68 Å². The second-order valence-corrected chi connectivity index (χ2v) is 5.06. The molecule has 5 nitrogen and oxygen atoms in total. The second-order valence-electron chi connectivity index (χ2n) is 4.12. The highest BCUT2D eigenvalue weighted by molar-refractivity contribution is 7.99. The van der Waals surface area contributed by atoms with Crippen LogP contribution in [0.15, 0.2) is 23.4 Å². The minimum atomic E-state index is 0.0977. The highest BCUT2D eigenvalue weighted by atomic mass is 32.2. The predicted molar refractivity (Wildman–Crippen MR) is 69.8 cm³/mol. The summed E-state index contributed by atoms with van der Waals surface area (Å²) >= 11 is 1.35. The lowest BCUT2D eigenvalue weighted by Gasteiger charge is -2.05. The molecule has 0 amide bonds. The molecule has 0 saturated heterocycles. The number of rotatable bonds is 4. The van der Waals surface area contributed by atoms with Gasteiger partial charge in [0.05, 0.1) is 5.75 Å². The van der Waals surface area contributed by atoms with E-state index in [1.165, 1.54) is 11.8 Å². The highest BCUT2D eigenvalue weighted by Crippen LogP contribution is 2.17. The van der Waals surface area contributed by atoms with Crippen molar-refractivity contribution in [3.8, 4) is 0 Å². The van der Waals surface area contributed by atoms with E-state index in [1.807, 2.05) is 32.0 Å².